The van der Waals surface area contributed by atoms with E-state index in [1.807, 2.05) is 6.07 Å². The van der Waals surface area contributed by atoms with E-state index >= 15 is 0 Å². The Morgan fingerprint density at radius 3 is 2.72 bits per heavy atom. The Hall–Kier alpha value is -2.56. The van der Waals surface area contributed by atoms with Gasteiger partial charge in [-0.2, -0.15) is 0 Å². The highest BCUT2D eigenvalue weighted by molar-refractivity contribution is 6.42. The number of hydrogen-bond donors (Lipinski definition) is 2. The topological polar surface area (TPSA) is 79.1 Å². The van der Waals surface area contributed by atoms with Gasteiger partial charge in [-0.05, 0) is 17.5 Å². The molecule has 0 heterocycles. The molecule has 0 bridgehead atoms. The lowest BCUT2D eigenvalue weighted by Gasteiger charge is -2.04. The van der Waals surface area contributed by atoms with Crippen molar-refractivity contribution < 1.29 is 19.8 Å². The number of rotatable bonds is 3. The van der Waals surface area contributed by atoms with Gasteiger partial charge in [-0.25, -0.2) is 4.79 Å². The second-order valence-electron chi connectivity index (χ2n) is 3.64. The second kappa shape index (κ2) is 4.75. The standard InChI is InChI=1S/C13H11NO4/c1-18-14-12(13(16)17)9-6-5-8-3-2-4-11(15)10(8)7-9/h2-7,15H,1H3,(H,16,17). The van der Waals surface area contributed by atoms with Gasteiger partial charge in [0.1, 0.15) is 12.9 Å². The number of oxime groups is 1. The number of fused-ring (bicyclic) bond motifs is 1. The summed E-state index contributed by atoms with van der Waals surface area (Å²) in [7, 11) is 1.28. The molecule has 0 aliphatic rings. The van der Waals surface area contributed by atoms with Crippen LogP contribution in [0.2, 0.25) is 0 Å². The fraction of sp³-hybridized carbons (Fsp3) is 0.0769. The average molecular weight is 245 g/mol. The van der Waals surface area contributed by atoms with E-state index in [-0.39, 0.29) is 11.5 Å². The van der Waals surface area contributed by atoms with Crippen LogP contribution in [-0.4, -0.2) is 29.0 Å². The van der Waals surface area contributed by atoms with Crippen molar-refractivity contribution in [1.29, 1.82) is 0 Å². The van der Waals surface area contributed by atoms with Crippen molar-refractivity contribution in [2.75, 3.05) is 7.11 Å². The summed E-state index contributed by atoms with van der Waals surface area (Å²) in [6.07, 6.45) is 0. The number of carbonyl (C=O) groups is 1. The van der Waals surface area contributed by atoms with Gasteiger partial charge in [0.05, 0.1) is 0 Å². The molecule has 0 saturated carbocycles. The van der Waals surface area contributed by atoms with E-state index in [1.54, 1.807) is 30.3 Å². The van der Waals surface area contributed by atoms with Crippen LogP contribution in [0.3, 0.4) is 0 Å². The maximum Gasteiger partial charge on any atom is 0.358 e. The summed E-state index contributed by atoms with van der Waals surface area (Å²) in [6, 6.07) is 9.99. The Bertz CT molecular complexity index is 634. The molecule has 2 aromatic rings. The second-order valence-corrected chi connectivity index (χ2v) is 3.64. The molecule has 92 valence electrons. The summed E-state index contributed by atoms with van der Waals surface area (Å²) in [5, 5.41) is 23.6. The molecule has 5 nitrogen and oxygen atoms in total. The highest BCUT2D eigenvalue weighted by Crippen LogP contribution is 2.25. The lowest BCUT2D eigenvalue weighted by molar-refractivity contribution is -0.129. The van der Waals surface area contributed by atoms with Crippen molar-refractivity contribution in [2.24, 2.45) is 5.16 Å². The highest BCUT2D eigenvalue weighted by Gasteiger charge is 2.14. The van der Waals surface area contributed by atoms with E-state index in [4.69, 9.17) is 5.11 Å². The van der Waals surface area contributed by atoms with Crippen molar-refractivity contribution in [1.82, 2.24) is 0 Å². The van der Waals surface area contributed by atoms with Crippen LogP contribution in [0.4, 0.5) is 0 Å². The quantitative estimate of drug-likeness (QED) is 0.640. The molecule has 0 aliphatic carbocycles. The van der Waals surface area contributed by atoms with Gasteiger partial charge in [0.2, 0.25) is 0 Å². The summed E-state index contributed by atoms with van der Waals surface area (Å²) in [5.74, 6) is -1.09. The van der Waals surface area contributed by atoms with E-state index in [1.165, 1.54) is 7.11 Å². The number of hydrogen-bond acceptors (Lipinski definition) is 4. The van der Waals surface area contributed by atoms with Crippen LogP contribution in [-0.2, 0) is 9.63 Å². The van der Waals surface area contributed by atoms with Crippen molar-refractivity contribution in [3.05, 3.63) is 42.0 Å². The number of nitrogens with zero attached hydrogens (tertiary/aromatic N) is 1. The average Bonchev–Trinajstić information content (AvgIpc) is 2.36. The van der Waals surface area contributed by atoms with Gasteiger partial charge in [0.25, 0.3) is 0 Å². The normalized spacial score (nSPS) is 11.5. The summed E-state index contributed by atoms with van der Waals surface area (Å²) in [6.45, 7) is 0. The molecular weight excluding hydrogens is 234 g/mol. The number of carboxylic acid groups (broad SMARTS) is 1. The molecule has 0 atom stereocenters. The van der Waals surface area contributed by atoms with E-state index in [2.05, 4.69) is 9.99 Å². The number of phenols is 1. The maximum absolute atomic E-state index is 11.0. The van der Waals surface area contributed by atoms with Crippen LogP contribution in [0, 0.1) is 0 Å². The van der Waals surface area contributed by atoms with E-state index in [0.29, 0.717) is 10.9 Å². The third-order valence-electron chi connectivity index (χ3n) is 2.52. The molecule has 0 aliphatic heterocycles. The molecule has 0 spiro atoms. The summed E-state index contributed by atoms with van der Waals surface area (Å²) in [5.41, 5.74) is 0.168. The predicted molar refractivity (Wildman–Crippen MR) is 66.8 cm³/mol. The van der Waals surface area contributed by atoms with Crippen LogP contribution < -0.4 is 0 Å². The Balaban J connectivity index is 2.62. The zero-order chi connectivity index (χ0) is 13.1. The molecule has 0 amide bonds. The molecule has 2 aromatic carbocycles. The molecule has 0 saturated heterocycles. The van der Waals surface area contributed by atoms with E-state index < -0.39 is 5.97 Å². The molecule has 0 radical (unpaired) electrons. The monoisotopic (exact) mass is 245 g/mol. The third kappa shape index (κ3) is 2.10. The van der Waals surface area contributed by atoms with Crippen molar-refractivity contribution in [2.45, 2.75) is 0 Å². The number of aromatic hydroxyl groups is 1. The zero-order valence-electron chi connectivity index (χ0n) is 9.62. The highest BCUT2D eigenvalue weighted by atomic mass is 16.6. The van der Waals surface area contributed by atoms with Crippen molar-refractivity contribution in [3.63, 3.8) is 0 Å². The minimum atomic E-state index is -1.19. The van der Waals surface area contributed by atoms with Gasteiger partial charge in [-0.1, -0.05) is 29.4 Å². The van der Waals surface area contributed by atoms with Gasteiger partial charge in [-0.15, -0.1) is 0 Å². The first-order valence-corrected chi connectivity index (χ1v) is 5.20. The fourth-order valence-corrected chi connectivity index (χ4v) is 1.71. The predicted octanol–water partition coefficient (Wildman–Crippen LogP) is 1.98. The van der Waals surface area contributed by atoms with Gasteiger partial charge >= 0.3 is 5.97 Å². The number of carboxylic acids is 1. The Morgan fingerprint density at radius 1 is 1.28 bits per heavy atom. The van der Waals surface area contributed by atoms with Crippen LogP contribution >= 0.6 is 0 Å². The smallest absolute Gasteiger partial charge is 0.358 e. The molecule has 5 heteroatoms. The van der Waals surface area contributed by atoms with E-state index in [9.17, 15) is 9.90 Å². The molecule has 0 aromatic heterocycles. The number of benzene rings is 2. The minimum Gasteiger partial charge on any atom is -0.507 e. The van der Waals surface area contributed by atoms with Crippen molar-refractivity contribution in [3.8, 4) is 5.75 Å². The van der Waals surface area contributed by atoms with Crippen LogP contribution in [0.15, 0.2) is 41.6 Å². The molecule has 0 fully saturated rings. The number of phenolic OH excluding ortho intramolecular Hbond substituents is 1. The van der Waals surface area contributed by atoms with E-state index in [0.717, 1.165) is 5.39 Å². The Morgan fingerprint density at radius 2 is 2.06 bits per heavy atom. The SMILES string of the molecule is CON=C(C(=O)O)c1ccc2cccc(O)c2c1. The Kier molecular flexibility index (Phi) is 3.14. The van der Waals surface area contributed by atoms with Crippen LogP contribution in [0.5, 0.6) is 5.75 Å². The summed E-state index contributed by atoms with van der Waals surface area (Å²) >= 11 is 0. The van der Waals surface area contributed by atoms with Crippen LogP contribution in [0.25, 0.3) is 10.8 Å². The number of aliphatic carboxylic acids is 1. The molecule has 0 unspecified atom stereocenters. The van der Waals surface area contributed by atoms with Gasteiger partial charge in [0, 0.05) is 10.9 Å². The fourth-order valence-electron chi connectivity index (χ4n) is 1.71. The minimum absolute atomic E-state index is 0.0940. The lowest BCUT2D eigenvalue weighted by atomic mass is 10.0. The first kappa shape index (κ1) is 11.9. The molecule has 2 N–H and O–H groups in total. The zero-order valence-corrected chi connectivity index (χ0v) is 9.62. The third-order valence-corrected chi connectivity index (χ3v) is 2.52. The summed E-state index contributed by atoms with van der Waals surface area (Å²) < 4.78 is 0. The first-order chi connectivity index (χ1) is 8.63. The summed E-state index contributed by atoms with van der Waals surface area (Å²) in [4.78, 5) is 15.5. The van der Waals surface area contributed by atoms with Crippen molar-refractivity contribution >= 4 is 22.5 Å². The van der Waals surface area contributed by atoms with Gasteiger partial charge in [-0.3, -0.25) is 0 Å². The lowest BCUT2D eigenvalue weighted by Crippen LogP contribution is -2.14. The van der Waals surface area contributed by atoms with Gasteiger partial charge < -0.3 is 15.1 Å². The largest absolute Gasteiger partial charge is 0.507 e. The molecular formula is C13H11NO4. The molecule has 18 heavy (non-hydrogen) atoms. The first-order valence-electron chi connectivity index (χ1n) is 5.20. The van der Waals surface area contributed by atoms with Crippen LogP contribution in [0.1, 0.15) is 5.56 Å². The maximum atomic E-state index is 11.0. The Labute approximate surface area is 103 Å². The molecule has 2 rings (SSSR count). The van der Waals surface area contributed by atoms with Gasteiger partial charge in [0.15, 0.2) is 5.71 Å².